The van der Waals surface area contributed by atoms with E-state index in [-0.39, 0.29) is 24.4 Å². The van der Waals surface area contributed by atoms with Gasteiger partial charge >= 0.3 is 20.5 Å². The Labute approximate surface area is 308 Å². The standard InChI is InChI=1S/C42H52F3N3O3Si/c1-31(2)30-50-36-21-17-32(18-22-36)28-46-40(49)48(35-23-25-47(6)26-24-35)29-33-19-20-34(42(43,44)45)27-39(33)51-52(41(3,4)5,37-13-9-7-10-14-37)38-15-11-8-12-16-38/h7-22,27,31,35H,23-26,28-30H2,1-6H3,(H,46,49). The molecular formula is C42H52F3N3O3Si. The first-order chi connectivity index (χ1) is 24.7. The molecule has 0 saturated carbocycles. The summed E-state index contributed by atoms with van der Waals surface area (Å²) in [5, 5.41) is 4.51. The van der Waals surface area contributed by atoms with Crippen LogP contribution in [0.25, 0.3) is 0 Å². The van der Waals surface area contributed by atoms with Crippen LogP contribution in [-0.2, 0) is 19.3 Å². The fourth-order valence-electron chi connectivity index (χ4n) is 6.87. The summed E-state index contributed by atoms with van der Waals surface area (Å²) in [6.45, 7) is 13.1. The maximum absolute atomic E-state index is 14.4. The lowest BCUT2D eigenvalue weighted by Gasteiger charge is -2.44. The molecule has 1 aliphatic rings. The number of nitrogens with one attached hydrogen (secondary N) is 1. The van der Waals surface area contributed by atoms with E-state index in [1.807, 2.05) is 84.9 Å². The van der Waals surface area contributed by atoms with Crippen LogP contribution in [0.5, 0.6) is 11.5 Å². The number of piperidine rings is 1. The second-order valence-corrected chi connectivity index (χ2v) is 19.5. The van der Waals surface area contributed by atoms with E-state index < -0.39 is 25.1 Å². The molecule has 278 valence electrons. The molecule has 0 radical (unpaired) electrons. The maximum atomic E-state index is 14.4. The number of hydrogen-bond acceptors (Lipinski definition) is 4. The Kier molecular flexibility index (Phi) is 12.4. The molecule has 0 atom stereocenters. The number of carbonyl (C=O) groups excluding carboxylic acids is 1. The van der Waals surface area contributed by atoms with Crippen molar-refractivity contribution >= 4 is 24.7 Å². The van der Waals surface area contributed by atoms with Gasteiger partial charge in [-0.2, -0.15) is 13.2 Å². The minimum Gasteiger partial charge on any atom is -0.534 e. The van der Waals surface area contributed by atoms with Gasteiger partial charge in [-0.1, -0.05) is 113 Å². The number of benzene rings is 4. The van der Waals surface area contributed by atoms with Gasteiger partial charge in [-0.05, 0) is 84.1 Å². The Balaban J connectivity index is 1.53. The van der Waals surface area contributed by atoms with Gasteiger partial charge in [0.2, 0.25) is 0 Å². The number of carbonyl (C=O) groups is 1. The van der Waals surface area contributed by atoms with E-state index in [0.29, 0.717) is 24.6 Å². The van der Waals surface area contributed by atoms with E-state index in [9.17, 15) is 18.0 Å². The zero-order valence-electron chi connectivity index (χ0n) is 31.2. The molecule has 2 amide bonds. The van der Waals surface area contributed by atoms with Gasteiger partial charge in [-0.15, -0.1) is 0 Å². The van der Waals surface area contributed by atoms with Crippen molar-refractivity contribution < 1.29 is 27.1 Å². The van der Waals surface area contributed by atoms with Gasteiger partial charge in [0.1, 0.15) is 11.5 Å². The van der Waals surface area contributed by atoms with E-state index >= 15 is 0 Å². The number of ether oxygens (including phenoxy) is 1. The van der Waals surface area contributed by atoms with Crippen molar-refractivity contribution in [1.82, 2.24) is 15.1 Å². The van der Waals surface area contributed by atoms with Crippen molar-refractivity contribution in [3.8, 4) is 11.5 Å². The molecule has 0 aromatic heterocycles. The molecule has 4 aromatic rings. The molecular weight excluding hydrogens is 680 g/mol. The third kappa shape index (κ3) is 9.38. The molecule has 5 rings (SSSR count). The van der Waals surface area contributed by atoms with E-state index in [1.165, 1.54) is 6.07 Å². The lowest BCUT2D eigenvalue weighted by molar-refractivity contribution is -0.137. The third-order valence-electron chi connectivity index (χ3n) is 9.76. The highest BCUT2D eigenvalue weighted by Crippen LogP contribution is 2.41. The molecule has 52 heavy (non-hydrogen) atoms. The van der Waals surface area contributed by atoms with E-state index in [4.69, 9.17) is 9.16 Å². The fourth-order valence-corrected chi connectivity index (χ4v) is 11.3. The van der Waals surface area contributed by atoms with Gasteiger partial charge < -0.3 is 24.3 Å². The van der Waals surface area contributed by atoms with Gasteiger partial charge in [0.05, 0.1) is 18.7 Å². The third-order valence-corrected chi connectivity index (χ3v) is 14.7. The van der Waals surface area contributed by atoms with Crippen LogP contribution in [0.2, 0.25) is 5.04 Å². The molecule has 10 heteroatoms. The summed E-state index contributed by atoms with van der Waals surface area (Å²) in [7, 11) is -1.25. The van der Waals surface area contributed by atoms with Crippen LogP contribution in [0.15, 0.2) is 103 Å². The second kappa shape index (κ2) is 16.6. The van der Waals surface area contributed by atoms with E-state index in [0.717, 1.165) is 59.8 Å². The Morgan fingerprint density at radius 1 is 0.885 bits per heavy atom. The highest BCUT2D eigenvalue weighted by atomic mass is 28.4. The Hall–Kier alpha value is -4.28. The number of nitrogens with zero attached hydrogens (tertiary/aromatic N) is 2. The number of urea groups is 1. The molecule has 4 aromatic carbocycles. The molecule has 1 saturated heterocycles. The first-order valence-electron chi connectivity index (χ1n) is 18.1. The Morgan fingerprint density at radius 3 is 1.98 bits per heavy atom. The van der Waals surface area contributed by atoms with Crippen LogP contribution in [0.3, 0.4) is 0 Å². The molecule has 6 nitrogen and oxygen atoms in total. The molecule has 0 bridgehead atoms. The van der Waals surface area contributed by atoms with Gasteiger partial charge in [0, 0.05) is 18.2 Å². The van der Waals surface area contributed by atoms with Crippen LogP contribution in [0.1, 0.15) is 64.2 Å². The summed E-state index contributed by atoms with van der Waals surface area (Å²) in [4.78, 5) is 18.1. The Morgan fingerprint density at radius 2 is 1.46 bits per heavy atom. The van der Waals surface area contributed by atoms with Crippen molar-refractivity contribution in [3.05, 3.63) is 120 Å². The predicted molar refractivity (Wildman–Crippen MR) is 205 cm³/mol. The number of rotatable bonds is 12. The number of likely N-dealkylation sites (tertiary alicyclic amines) is 1. The van der Waals surface area contributed by atoms with Crippen LogP contribution < -0.4 is 24.9 Å². The fraction of sp³-hybridized carbons (Fsp3) is 0.405. The van der Waals surface area contributed by atoms with Gasteiger partial charge in [-0.25, -0.2) is 4.79 Å². The SMILES string of the molecule is CC(C)COc1ccc(CNC(=O)N(Cc2ccc(C(F)(F)F)cc2O[Si](c2ccccc2)(c2ccccc2)C(C)(C)C)C2CCN(C)CC2)cc1. The lowest BCUT2D eigenvalue weighted by atomic mass is 10.0. The first-order valence-corrected chi connectivity index (χ1v) is 20.0. The molecule has 1 heterocycles. The molecule has 0 spiro atoms. The second-order valence-electron chi connectivity index (χ2n) is 15.3. The zero-order chi connectivity index (χ0) is 37.5. The van der Waals surface area contributed by atoms with E-state index in [1.54, 1.807) is 4.90 Å². The van der Waals surface area contributed by atoms with Crippen LogP contribution >= 0.6 is 0 Å². The lowest BCUT2D eigenvalue weighted by Crippen LogP contribution is -2.69. The summed E-state index contributed by atoms with van der Waals surface area (Å²) < 4.78 is 56.1. The predicted octanol–water partition coefficient (Wildman–Crippen LogP) is 8.49. The van der Waals surface area contributed by atoms with Crippen molar-refractivity contribution in [2.24, 2.45) is 5.92 Å². The largest absolute Gasteiger partial charge is 0.534 e. The first kappa shape index (κ1) is 38.9. The van der Waals surface area contributed by atoms with Gasteiger partial charge in [0.15, 0.2) is 0 Å². The molecule has 1 N–H and O–H groups in total. The number of alkyl halides is 3. The molecule has 0 aliphatic carbocycles. The monoisotopic (exact) mass is 731 g/mol. The summed E-state index contributed by atoms with van der Waals surface area (Å²) in [6, 6.07) is 30.7. The number of hydrogen-bond donors (Lipinski definition) is 1. The van der Waals surface area contributed by atoms with Crippen LogP contribution in [0.4, 0.5) is 18.0 Å². The zero-order valence-corrected chi connectivity index (χ0v) is 32.2. The normalized spacial score (nSPS) is 14.7. The van der Waals surface area contributed by atoms with Crippen LogP contribution in [0, 0.1) is 5.92 Å². The smallest absolute Gasteiger partial charge is 0.416 e. The van der Waals surface area contributed by atoms with Gasteiger partial charge in [-0.3, -0.25) is 0 Å². The Bertz CT molecular complexity index is 1700. The minimum atomic E-state index is -4.58. The number of amides is 2. The summed E-state index contributed by atoms with van der Waals surface area (Å²) in [5.74, 6) is 1.32. The number of halogens is 3. The van der Waals surface area contributed by atoms with Crippen molar-refractivity contribution in [2.45, 2.75) is 77.8 Å². The minimum absolute atomic E-state index is 0.0911. The van der Waals surface area contributed by atoms with Gasteiger partial charge in [0.25, 0.3) is 0 Å². The van der Waals surface area contributed by atoms with E-state index in [2.05, 4.69) is 51.9 Å². The van der Waals surface area contributed by atoms with Crippen LogP contribution in [-0.4, -0.2) is 56.9 Å². The quantitative estimate of drug-likeness (QED) is 0.149. The maximum Gasteiger partial charge on any atom is 0.416 e. The topological polar surface area (TPSA) is 54.0 Å². The van der Waals surface area contributed by atoms with Crippen molar-refractivity contribution in [2.75, 3.05) is 26.7 Å². The molecule has 1 fully saturated rings. The highest BCUT2D eigenvalue weighted by Gasteiger charge is 2.52. The van der Waals surface area contributed by atoms with Crippen molar-refractivity contribution in [1.29, 1.82) is 0 Å². The average molecular weight is 732 g/mol. The highest BCUT2D eigenvalue weighted by molar-refractivity contribution is 7.00. The molecule has 1 aliphatic heterocycles. The summed E-state index contributed by atoms with van der Waals surface area (Å²) in [5.41, 5.74) is 0.654. The summed E-state index contributed by atoms with van der Waals surface area (Å²) >= 11 is 0. The average Bonchev–Trinajstić information content (AvgIpc) is 3.12. The van der Waals surface area contributed by atoms with Crippen molar-refractivity contribution in [3.63, 3.8) is 0 Å². The summed E-state index contributed by atoms with van der Waals surface area (Å²) in [6.07, 6.45) is -3.09. The molecule has 0 unspecified atom stereocenters.